The lowest BCUT2D eigenvalue weighted by molar-refractivity contribution is 0.0746. The number of pyridine rings is 1. The summed E-state index contributed by atoms with van der Waals surface area (Å²) in [6.45, 7) is 2.36. The lowest BCUT2D eigenvalue weighted by Crippen LogP contribution is -2.49. The topological polar surface area (TPSA) is 74.8 Å². The predicted octanol–water partition coefficient (Wildman–Crippen LogP) is 3.44. The normalized spacial score (nSPS) is 13.6. The van der Waals surface area contributed by atoms with Crippen molar-refractivity contribution in [2.75, 3.05) is 43.5 Å². The van der Waals surface area contributed by atoms with Gasteiger partial charge in [0.15, 0.2) is 0 Å². The highest BCUT2D eigenvalue weighted by Gasteiger charge is 2.23. The molecule has 1 fully saturated rings. The summed E-state index contributed by atoms with van der Waals surface area (Å²) < 4.78 is 18.2. The highest BCUT2D eigenvalue weighted by molar-refractivity contribution is 6.04. The van der Waals surface area contributed by atoms with E-state index >= 15 is 0 Å². The molecule has 0 spiro atoms. The minimum atomic E-state index is -0.361. The number of carbonyl (C=O) groups excluding carboxylic acids is 2. The highest BCUT2D eigenvalue weighted by Crippen LogP contribution is 2.19. The Morgan fingerprint density at radius 3 is 2.38 bits per heavy atom. The minimum absolute atomic E-state index is 0.104. The number of methoxy groups -OCH3 is 1. The van der Waals surface area contributed by atoms with Gasteiger partial charge >= 0.3 is 0 Å². The predicted molar refractivity (Wildman–Crippen MR) is 120 cm³/mol. The molecule has 32 heavy (non-hydrogen) atoms. The summed E-state index contributed by atoms with van der Waals surface area (Å²) in [6, 6.07) is 16.2. The Morgan fingerprint density at radius 2 is 1.72 bits per heavy atom. The zero-order chi connectivity index (χ0) is 22.5. The molecule has 2 amide bonds. The lowest BCUT2D eigenvalue weighted by Gasteiger charge is -2.35. The summed E-state index contributed by atoms with van der Waals surface area (Å²) in [5, 5.41) is 2.83. The summed E-state index contributed by atoms with van der Waals surface area (Å²) in [7, 11) is 1.55. The molecule has 1 aliphatic heterocycles. The number of piperazine rings is 1. The number of nitrogens with zero attached hydrogens (tertiary/aromatic N) is 3. The molecular weight excluding hydrogens is 411 g/mol. The van der Waals surface area contributed by atoms with Crippen LogP contribution in [0.1, 0.15) is 20.7 Å². The second kappa shape index (κ2) is 9.47. The first-order valence-electron chi connectivity index (χ1n) is 10.2. The van der Waals surface area contributed by atoms with Gasteiger partial charge in [-0.3, -0.25) is 9.59 Å². The Labute approximate surface area is 185 Å². The molecule has 8 heteroatoms. The SMILES string of the molecule is COc1cccc(C(=O)Nc2ccc(N3CCN(C(=O)c4ccc(F)cc4)CC3)nc2)c1. The third-order valence-electron chi connectivity index (χ3n) is 5.32. The number of hydrogen-bond donors (Lipinski definition) is 1. The number of anilines is 2. The molecule has 2 aromatic carbocycles. The molecule has 164 valence electrons. The van der Waals surface area contributed by atoms with Crippen LogP contribution in [0.15, 0.2) is 66.9 Å². The van der Waals surface area contributed by atoms with Gasteiger partial charge in [-0.15, -0.1) is 0 Å². The van der Waals surface area contributed by atoms with Crippen LogP contribution in [0.4, 0.5) is 15.9 Å². The Balaban J connectivity index is 1.33. The second-order valence-electron chi connectivity index (χ2n) is 7.38. The fourth-order valence-electron chi connectivity index (χ4n) is 3.53. The molecule has 0 radical (unpaired) electrons. The molecule has 0 aliphatic carbocycles. The third kappa shape index (κ3) is 4.85. The Kier molecular flexibility index (Phi) is 6.30. The van der Waals surface area contributed by atoms with Crippen LogP contribution >= 0.6 is 0 Å². The quantitative estimate of drug-likeness (QED) is 0.666. The number of benzene rings is 2. The van der Waals surface area contributed by atoms with Gasteiger partial charge < -0.3 is 19.9 Å². The van der Waals surface area contributed by atoms with Crippen molar-refractivity contribution in [3.05, 3.63) is 83.8 Å². The molecule has 3 aromatic rings. The van der Waals surface area contributed by atoms with E-state index in [0.717, 1.165) is 5.82 Å². The zero-order valence-corrected chi connectivity index (χ0v) is 17.6. The maximum atomic E-state index is 13.1. The molecular formula is C24H23FN4O3. The minimum Gasteiger partial charge on any atom is -0.497 e. The zero-order valence-electron chi connectivity index (χ0n) is 17.6. The molecule has 1 saturated heterocycles. The third-order valence-corrected chi connectivity index (χ3v) is 5.32. The van der Waals surface area contributed by atoms with Crippen molar-refractivity contribution in [1.82, 2.24) is 9.88 Å². The van der Waals surface area contributed by atoms with Gasteiger partial charge in [0.05, 0.1) is 19.0 Å². The van der Waals surface area contributed by atoms with Gasteiger partial charge in [0, 0.05) is 37.3 Å². The van der Waals surface area contributed by atoms with Gasteiger partial charge in [-0.25, -0.2) is 9.37 Å². The first-order chi connectivity index (χ1) is 15.5. The largest absolute Gasteiger partial charge is 0.497 e. The first kappa shape index (κ1) is 21.3. The molecule has 1 aromatic heterocycles. The first-order valence-corrected chi connectivity index (χ1v) is 10.2. The fraction of sp³-hybridized carbons (Fsp3) is 0.208. The van der Waals surface area contributed by atoms with Crippen molar-refractivity contribution in [3.63, 3.8) is 0 Å². The average Bonchev–Trinajstić information content (AvgIpc) is 2.84. The van der Waals surface area contributed by atoms with Crippen LogP contribution in [0.3, 0.4) is 0 Å². The summed E-state index contributed by atoms with van der Waals surface area (Å²) >= 11 is 0. The molecule has 1 aliphatic rings. The van der Waals surface area contributed by atoms with E-state index in [4.69, 9.17) is 4.74 Å². The smallest absolute Gasteiger partial charge is 0.255 e. The molecule has 1 N–H and O–H groups in total. The van der Waals surface area contributed by atoms with Crippen LogP contribution in [0.25, 0.3) is 0 Å². The number of carbonyl (C=O) groups is 2. The van der Waals surface area contributed by atoms with Gasteiger partial charge in [0.1, 0.15) is 17.4 Å². The Morgan fingerprint density at radius 1 is 0.969 bits per heavy atom. The van der Waals surface area contributed by atoms with Crippen LogP contribution < -0.4 is 15.0 Å². The standard InChI is InChI=1S/C24H23FN4O3/c1-32-21-4-2-3-18(15-21)23(30)27-20-9-10-22(26-16-20)28-11-13-29(14-12-28)24(31)17-5-7-19(25)8-6-17/h2-10,15-16H,11-14H2,1H3,(H,27,30). The van der Waals surface area contributed by atoms with E-state index in [1.165, 1.54) is 24.3 Å². The van der Waals surface area contributed by atoms with Crippen LogP contribution in [0.2, 0.25) is 0 Å². The molecule has 7 nitrogen and oxygen atoms in total. The van der Waals surface area contributed by atoms with Gasteiger partial charge in [0.2, 0.25) is 0 Å². The van der Waals surface area contributed by atoms with E-state index in [0.29, 0.717) is 48.7 Å². The van der Waals surface area contributed by atoms with Crippen molar-refractivity contribution in [2.24, 2.45) is 0 Å². The number of rotatable bonds is 5. The van der Waals surface area contributed by atoms with Gasteiger partial charge in [-0.1, -0.05) is 6.07 Å². The number of halogens is 1. The number of amides is 2. The maximum Gasteiger partial charge on any atom is 0.255 e. The molecule has 0 atom stereocenters. The van der Waals surface area contributed by atoms with Gasteiger partial charge in [0.25, 0.3) is 11.8 Å². The molecule has 0 bridgehead atoms. The summed E-state index contributed by atoms with van der Waals surface area (Å²) in [4.78, 5) is 33.3. The number of aromatic nitrogens is 1. The summed E-state index contributed by atoms with van der Waals surface area (Å²) in [6.07, 6.45) is 1.61. The summed E-state index contributed by atoms with van der Waals surface area (Å²) in [5.41, 5.74) is 1.57. The highest BCUT2D eigenvalue weighted by atomic mass is 19.1. The summed E-state index contributed by atoms with van der Waals surface area (Å²) in [5.74, 6) is 0.682. The van der Waals surface area contributed by atoms with Crippen LogP contribution in [0.5, 0.6) is 5.75 Å². The molecule has 0 unspecified atom stereocenters. The van der Waals surface area contributed by atoms with E-state index in [1.807, 2.05) is 6.07 Å². The maximum absolute atomic E-state index is 13.1. The lowest BCUT2D eigenvalue weighted by atomic mass is 10.1. The van der Waals surface area contributed by atoms with Crippen LogP contribution in [-0.2, 0) is 0 Å². The molecule has 0 saturated carbocycles. The van der Waals surface area contributed by atoms with E-state index in [-0.39, 0.29) is 17.6 Å². The van der Waals surface area contributed by atoms with E-state index < -0.39 is 0 Å². The van der Waals surface area contributed by atoms with E-state index in [2.05, 4.69) is 15.2 Å². The molecule has 4 rings (SSSR count). The number of ether oxygens (including phenoxy) is 1. The second-order valence-corrected chi connectivity index (χ2v) is 7.38. The Hall–Kier alpha value is -3.94. The number of nitrogens with one attached hydrogen (secondary N) is 1. The van der Waals surface area contributed by atoms with Crippen molar-refractivity contribution < 1.29 is 18.7 Å². The van der Waals surface area contributed by atoms with Gasteiger partial charge in [-0.05, 0) is 54.6 Å². The van der Waals surface area contributed by atoms with Crippen LogP contribution in [-0.4, -0.2) is 55.0 Å². The number of hydrogen-bond acceptors (Lipinski definition) is 5. The fourth-order valence-corrected chi connectivity index (χ4v) is 3.53. The van der Waals surface area contributed by atoms with E-state index in [9.17, 15) is 14.0 Å². The Bertz CT molecular complexity index is 1090. The van der Waals surface area contributed by atoms with Crippen LogP contribution in [0, 0.1) is 5.82 Å². The van der Waals surface area contributed by atoms with E-state index in [1.54, 1.807) is 48.5 Å². The van der Waals surface area contributed by atoms with Crippen molar-refractivity contribution in [2.45, 2.75) is 0 Å². The van der Waals surface area contributed by atoms with Crippen molar-refractivity contribution in [1.29, 1.82) is 0 Å². The monoisotopic (exact) mass is 434 g/mol. The average molecular weight is 434 g/mol. The molecule has 2 heterocycles. The van der Waals surface area contributed by atoms with Crippen molar-refractivity contribution in [3.8, 4) is 5.75 Å². The van der Waals surface area contributed by atoms with Gasteiger partial charge in [-0.2, -0.15) is 0 Å². The van der Waals surface area contributed by atoms with Crippen molar-refractivity contribution >= 4 is 23.3 Å².